The molecule has 8 heteroatoms. The zero-order valence-electron chi connectivity index (χ0n) is 16.5. The molecule has 2 amide bonds. The highest BCUT2D eigenvalue weighted by Crippen LogP contribution is 2.29. The summed E-state index contributed by atoms with van der Waals surface area (Å²) in [6, 6.07) is 20.6. The van der Waals surface area contributed by atoms with Gasteiger partial charge in [0.05, 0.1) is 10.7 Å². The number of nitro groups is 1. The fourth-order valence-corrected chi connectivity index (χ4v) is 4.17. The number of non-ortho nitro benzene ring substituents is 1. The first-order chi connectivity index (χ1) is 15.0. The maximum Gasteiger partial charge on any atom is 0.269 e. The van der Waals surface area contributed by atoms with Crippen molar-refractivity contribution in [3.63, 3.8) is 0 Å². The lowest BCUT2D eigenvalue weighted by atomic mass is 10.2. The maximum absolute atomic E-state index is 12.6. The van der Waals surface area contributed by atoms with Crippen LogP contribution in [0.15, 0.2) is 77.7 Å². The molecule has 1 aliphatic rings. The van der Waals surface area contributed by atoms with Crippen LogP contribution in [0.4, 0.5) is 17.1 Å². The van der Waals surface area contributed by atoms with Gasteiger partial charge in [0.2, 0.25) is 5.91 Å². The van der Waals surface area contributed by atoms with E-state index < -0.39 is 4.92 Å². The number of carbonyl (C=O) groups is 2. The van der Waals surface area contributed by atoms with Gasteiger partial charge in [-0.25, -0.2) is 0 Å². The molecule has 1 aliphatic heterocycles. The molecule has 156 valence electrons. The summed E-state index contributed by atoms with van der Waals surface area (Å²) in [5.41, 5.74) is 3.07. The van der Waals surface area contributed by atoms with Crippen molar-refractivity contribution in [1.82, 2.24) is 0 Å². The fourth-order valence-electron chi connectivity index (χ4n) is 3.39. The minimum Gasteiger partial charge on any atom is -0.322 e. The predicted molar refractivity (Wildman–Crippen MR) is 121 cm³/mol. The number of carbonyl (C=O) groups excluding carboxylic acids is 2. The minimum absolute atomic E-state index is 0.0649. The number of anilines is 2. The average Bonchev–Trinajstić information content (AvgIpc) is 3.23. The number of nitrogens with zero attached hydrogens (tertiary/aromatic N) is 2. The largest absolute Gasteiger partial charge is 0.322 e. The smallest absolute Gasteiger partial charge is 0.269 e. The Labute approximate surface area is 183 Å². The van der Waals surface area contributed by atoms with E-state index in [2.05, 4.69) is 11.4 Å². The first-order valence-corrected chi connectivity index (χ1v) is 10.7. The summed E-state index contributed by atoms with van der Waals surface area (Å²) in [7, 11) is 0. The molecule has 0 spiro atoms. The van der Waals surface area contributed by atoms with E-state index in [-0.39, 0.29) is 17.5 Å². The third-order valence-corrected chi connectivity index (χ3v) is 6.00. The SMILES string of the molecule is O=C(Nc1ccc(SCC(=O)N2CCc3ccccc32)cc1)c1ccc([N+](=O)[O-])cc1. The Morgan fingerprint density at radius 2 is 1.71 bits per heavy atom. The number of amides is 2. The molecule has 1 N–H and O–H groups in total. The molecule has 0 fully saturated rings. The quantitative estimate of drug-likeness (QED) is 0.350. The summed E-state index contributed by atoms with van der Waals surface area (Å²) in [4.78, 5) is 37.9. The molecule has 0 saturated carbocycles. The summed E-state index contributed by atoms with van der Waals surface area (Å²) in [5.74, 6) is 0.0618. The van der Waals surface area contributed by atoms with Gasteiger partial charge in [0.25, 0.3) is 11.6 Å². The summed E-state index contributed by atoms with van der Waals surface area (Å²) >= 11 is 1.45. The van der Waals surface area contributed by atoms with Crippen molar-refractivity contribution >= 4 is 40.6 Å². The second kappa shape index (κ2) is 9.01. The zero-order chi connectivity index (χ0) is 21.8. The minimum atomic E-state index is -0.509. The van der Waals surface area contributed by atoms with Crippen molar-refractivity contribution in [3.05, 3.63) is 94.0 Å². The fraction of sp³-hybridized carbons (Fsp3) is 0.130. The number of thioether (sulfide) groups is 1. The average molecular weight is 433 g/mol. The molecule has 7 nitrogen and oxygen atoms in total. The summed E-state index contributed by atoms with van der Waals surface area (Å²) in [6.07, 6.45) is 0.885. The molecule has 3 aromatic rings. The van der Waals surface area contributed by atoms with Gasteiger partial charge in [-0.2, -0.15) is 0 Å². The molecule has 0 atom stereocenters. The van der Waals surface area contributed by atoms with Crippen LogP contribution < -0.4 is 10.2 Å². The predicted octanol–water partition coefficient (Wildman–Crippen LogP) is 4.53. The zero-order valence-corrected chi connectivity index (χ0v) is 17.3. The van der Waals surface area contributed by atoms with Crippen molar-refractivity contribution in [2.45, 2.75) is 11.3 Å². The van der Waals surface area contributed by atoms with E-state index in [0.717, 1.165) is 17.0 Å². The number of nitrogens with one attached hydrogen (secondary N) is 1. The maximum atomic E-state index is 12.6. The van der Waals surface area contributed by atoms with Crippen LogP contribution in [0.2, 0.25) is 0 Å². The number of nitro benzene ring substituents is 1. The third kappa shape index (κ3) is 4.75. The van der Waals surface area contributed by atoms with Gasteiger partial charge in [0.1, 0.15) is 0 Å². The van der Waals surface area contributed by atoms with E-state index in [1.54, 1.807) is 12.1 Å². The monoisotopic (exact) mass is 433 g/mol. The number of hydrogen-bond acceptors (Lipinski definition) is 5. The Morgan fingerprint density at radius 3 is 2.42 bits per heavy atom. The van der Waals surface area contributed by atoms with Gasteiger partial charge in [-0.05, 0) is 54.4 Å². The normalized spacial score (nSPS) is 12.3. The van der Waals surface area contributed by atoms with Gasteiger partial charge in [-0.1, -0.05) is 18.2 Å². The van der Waals surface area contributed by atoms with Gasteiger partial charge in [-0.15, -0.1) is 11.8 Å². The molecule has 3 aromatic carbocycles. The number of rotatable bonds is 6. The lowest BCUT2D eigenvalue weighted by molar-refractivity contribution is -0.384. The highest BCUT2D eigenvalue weighted by molar-refractivity contribution is 8.00. The van der Waals surface area contributed by atoms with Crippen molar-refractivity contribution in [3.8, 4) is 0 Å². The van der Waals surface area contributed by atoms with Gasteiger partial charge in [-0.3, -0.25) is 19.7 Å². The van der Waals surface area contributed by atoms with Crippen LogP contribution in [0.1, 0.15) is 15.9 Å². The Balaban J connectivity index is 1.32. The topological polar surface area (TPSA) is 92.6 Å². The lowest BCUT2D eigenvalue weighted by Crippen LogP contribution is -2.30. The van der Waals surface area contributed by atoms with E-state index in [1.165, 1.54) is 41.6 Å². The van der Waals surface area contributed by atoms with Crippen molar-refractivity contribution in [1.29, 1.82) is 0 Å². The van der Waals surface area contributed by atoms with Crippen LogP contribution in [0, 0.1) is 10.1 Å². The van der Waals surface area contributed by atoms with E-state index >= 15 is 0 Å². The van der Waals surface area contributed by atoms with Gasteiger partial charge in [0.15, 0.2) is 0 Å². The Kier molecular flexibility index (Phi) is 5.99. The Bertz CT molecular complexity index is 1130. The van der Waals surface area contributed by atoms with E-state index in [1.807, 2.05) is 35.2 Å². The van der Waals surface area contributed by atoms with Gasteiger partial charge < -0.3 is 10.2 Å². The molecular weight excluding hydrogens is 414 g/mol. The molecule has 0 radical (unpaired) electrons. The highest BCUT2D eigenvalue weighted by Gasteiger charge is 2.23. The van der Waals surface area contributed by atoms with Crippen LogP contribution in [0.5, 0.6) is 0 Å². The van der Waals surface area contributed by atoms with Gasteiger partial charge in [0, 0.05) is 40.5 Å². The molecule has 31 heavy (non-hydrogen) atoms. The van der Waals surface area contributed by atoms with E-state index in [0.29, 0.717) is 23.5 Å². The standard InChI is InChI=1S/C23H19N3O4S/c27-22(25-14-13-16-3-1-2-4-21(16)25)15-31-20-11-7-18(8-12-20)24-23(28)17-5-9-19(10-6-17)26(29)30/h1-12H,13-15H2,(H,24,28). The van der Waals surface area contributed by atoms with Crippen LogP contribution in [-0.4, -0.2) is 29.0 Å². The lowest BCUT2D eigenvalue weighted by Gasteiger charge is -2.17. The van der Waals surface area contributed by atoms with Crippen LogP contribution in [-0.2, 0) is 11.2 Å². The molecule has 1 heterocycles. The second-order valence-electron chi connectivity index (χ2n) is 7.00. The van der Waals surface area contributed by atoms with Gasteiger partial charge >= 0.3 is 0 Å². The molecule has 0 aliphatic carbocycles. The number of fused-ring (bicyclic) bond motifs is 1. The van der Waals surface area contributed by atoms with Crippen LogP contribution in [0.25, 0.3) is 0 Å². The molecule has 0 bridgehead atoms. The molecular formula is C23H19N3O4S. The molecule has 0 saturated heterocycles. The second-order valence-corrected chi connectivity index (χ2v) is 8.04. The Hall–Kier alpha value is -3.65. The summed E-state index contributed by atoms with van der Waals surface area (Å²) in [5, 5.41) is 13.5. The highest BCUT2D eigenvalue weighted by atomic mass is 32.2. The van der Waals surface area contributed by atoms with E-state index in [9.17, 15) is 19.7 Å². The van der Waals surface area contributed by atoms with Crippen molar-refractivity contribution < 1.29 is 14.5 Å². The molecule has 0 unspecified atom stereocenters. The van der Waals surface area contributed by atoms with E-state index in [4.69, 9.17) is 0 Å². The number of hydrogen-bond donors (Lipinski definition) is 1. The molecule has 0 aromatic heterocycles. The summed E-state index contributed by atoms with van der Waals surface area (Å²) in [6.45, 7) is 0.715. The van der Waals surface area contributed by atoms with Crippen molar-refractivity contribution in [2.75, 3.05) is 22.5 Å². The first kappa shape index (κ1) is 20.6. The third-order valence-electron chi connectivity index (χ3n) is 5.00. The number of para-hydroxylation sites is 1. The van der Waals surface area contributed by atoms with Crippen LogP contribution >= 0.6 is 11.8 Å². The summed E-state index contributed by atoms with van der Waals surface area (Å²) < 4.78 is 0. The number of benzene rings is 3. The molecule has 4 rings (SSSR count). The first-order valence-electron chi connectivity index (χ1n) is 9.68. The van der Waals surface area contributed by atoms with Crippen LogP contribution in [0.3, 0.4) is 0 Å². The van der Waals surface area contributed by atoms with Crippen molar-refractivity contribution in [2.24, 2.45) is 0 Å². The Morgan fingerprint density at radius 1 is 1.00 bits per heavy atom.